The number of rotatable bonds is 5. The van der Waals surface area contributed by atoms with Gasteiger partial charge in [-0.15, -0.1) is 11.6 Å². The van der Waals surface area contributed by atoms with Crippen LogP contribution in [-0.2, 0) is 6.42 Å². The molecule has 4 rings (SSSR count). The lowest BCUT2D eigenvalue weighted by atomic mass is 10.0. The summed E-state index contributed by atoms with van der Waals surface area (Å²) < 4.78 is 0. The highest BCUT2D eigenvalue weighted by molar-refractivity contribution is 6.20. The summed E-state index contributed by atoms with van der Waals surface area (Å²) in [6, 6.07) is 24.9. The number of halogens is 1. The second-order valence-corrected chi connectivity index (χ2v) is 6.73. The molecule has 128 valence electrons. The molecule has 1 atom stereocenters. The molecular formula is C22H17ClN2O. The average Bonchev–Trinajstić information content (AvgIpc) is 3.12. The summed E-state index contributed by atoms with van der Waals surface area (Å²) in [5, 5.41) is -0.252. The van der Waals surface area contributed by atoms with Gasteiger partial charge in [-0.2, -0.15) is 0 Å². The predicted molar refractivity (Wildman–Crippen MR) is 105 cm³/mol. The number of H-pyrrole nitrogens is 1. The van der Waals surface area contributed by atoms with Crippen LogP contribution >= 0.6 is 11.6 Å². The number of aromatic nitrogens is 2. The fourth-order valence-corrected chi connectivity index (χ4v) is 3.27. The zero-order chi connectivity index (χ0) is 17.9. The van der Waals surface area contributed by atoms with Crippen molar-refractivity contribution in [3.63, 3.8) is 0 Å². The van der Waals surface area contributed by atoms with Crippen LogP contribution in [0.1, 0.15) is 32.7 Å². The van der Waals surface area contributed by atoms with Gasteiger partial charge in [0, 0.05) is 11.1 Å². The summed E-state index contributed by atoms with van der Waals surface area (Å²) in [4.78, 5) is 20.5. The molecule has 0 spiro atoms. The summed E-state index contributed by atoms with van der Waals surface area (Å²) in [6.07, 6.45) is 0.692. The Kier molecular flexibility index (Phi) is 4.55. The second kappa shape index (κ2) is 7.14. The molecule has 0 saturated heterocycles. The predicted octanol–water partition coefficient (Wildman–Crippen LogP) is 5.32. The van der Waals surface area contributed by atoms with E-state index in [1.165, 1.54) is 0 Å². The molecule has 0 fully saturated rings. The van der Waals surface area contributed by atoms with Crippen LogP contribution in [0.2, 0.25) is 0 Å². The van der Waals surface area contributed by atoms with E-state index in [4.69, 9.17) is 11.6 Å². The summed E-state index contributed by atoms with van der Waals surface area (Å²) in [5.41, 5.74) is 4.09. The van der Waals surface area contributed by atoms with Crippen LogP contribution in [0.5, 0.6) is 0 Å². The van der Waals surface area contributed by atoms with E-state index in [2.05, 4.69) is 22.1 Å². The Balaban J connectivity index is 1.60. The molecule has 3 aromatic carbocycles. The third-order valence-electron chi connectivity index (χ3n) is 4.35. The minimum atomic E-state index is -0.252. The van der Waals surface area contributed by atoms with Crippen LogP contribution in [0.25, 0.3) is 11.0 Å². The lowest BCUT2D eigenvalue weighted by Crippen LogP contribution is -2.00. The molecule has 4 heteroatoms. The van der Waals surface area contributed by atoms with Gasteiger partial charge in [0.05, 0.1) is 16.4 Å². The summed E-state index contributed by atoms with van der Waals surface area (Å²) in [7, 11) is 0. The number of nitrogens with one attached hydrogen (secondary N) is 1. The van der Waals surface area contributed by atoms with E-state index < -0.39 is 0 Å². The molecule has 0 aliphatic heterocycles. The summed E-state index contributed by atoms with van der Waals surface area (Å²) in [6.45, 7) is 0. The molecule has 1 unspecified atom stereocenters. The number of aromatic amines is 1. The molecule has 0 amide bonds. The first-order valence-corrected chi connectivity index (χ1v) is 8.92. The van der Waals surface area contributed by atoms with Crippen LogP contribution < -0.4 is 0 Å². The van der Waals surface area contributed by atoms with Crippen molar-refractivity contribution in [1.29, 1.82) is 0 Å². The Morgan fingerprint density at radius 1 is 0.923 bits per heavy atom. The van der Waals surface area contributed by atoms with Gasteiger partial charge in [-0.3, -0.25) is 4.79 Å². The lowest BCUT2D eigenvalue weighted by Gasteiger charge is -2.06. The Bertz CT molecular complexity index is 1040. The lowest BCUT2D eigenvalue weighted by molar-refractivity contribution is 0.103. The zero-order valence-corrected chi connectivity index (χ0v) is 14.8. The van der Waals surface area contributed by atoms with Gasteiger partial charge in [0.25, 0.3) is 0 Å². The molecule has 0 aliphatic carbocycles. The molecule has 1 aromatic heterocycles. The fraction of sp³-hybridized carbons (Fsp3) is 0.0909. The first-order valence-electron chi connectivity index (χ1n) is 8.48. The van der Waals surface area contributed by atoms with E-state index in [9.17, 15) is 4.79 Å². The smallest absolute Gasteiger partial charge is 0.193 e. The van der Waals surface area contributed by atoms with E-state index in [1.807, 2.05) is 66.7 Å². The molecule has 0 radical (unpaired) electrons. The first kappa shape index (κ1) is 16.6. The number of benzene rings is 3. The van der Waals surface area contributed by atoms with Crippen molar-refractivity contribution in [3.05, 3.63) is 101 Å². The van der Waals surface area contributed by atoms with Crippen LogP contribution in [0.3, 0.4) is 0 Å². The zero-order valence-electron chi connectivity index (χ0n) is 14.0. The number of hydrogen-bond donors (Lipinski definition) is 1. The Morgan fingerprint density at radius 2 is 1.62 bits per heavy atom. The number of carbonyl (C=O) groups excluding carboxylic acids is 1. The molecule has 1 heterocycles. The van der Waals surface area contributed by atoms with Gasteiger partial charge >= 0.3 is 0 Å². The maximum atomic E-state index is 12.6. The van der Waals surface area contributed by atoms with Gasteiger partial charge in [0.1, 0.15) is 5.82 Å². The Morgan fingerprint density at radius 3 is 2.35 bits per heavy atom. The Hall–Kier alpha value is -2.91. The Labute approximate surface area is 156 Å². The highest BCUT2D eigenvalue weighted by atomic mass is 35.5. The number of ketones is 1. The van der Waals surface area contributed by atoms with Crippen molar-refractivity contribution in [2.75, 3.05) is 0 Å². The van der Waals surface area contributed by atoms with Crippen LogP contribution in [0, 0.1) is 0 Å². The minimum absolute atomic E-state index is 0.00430. The van der Waals surface area contributed by atoms with Gasteiger partial charge < -0.3 is 4.98 Å². The summed E-state index contributed by atoms with van der Waals surface area (Å²) in [5.74, 6) is 0.713. The summed E-state index contributed by atoms with van der Waals surface area (Å²) >= 11 is 6.55. The van der Waals surface area contributed by atoms with Gasteiger partial charge in [-0.25, -0.2) is 4.98 Å². The molecule has 0 saturated carbocycles. The highest BCUT2D eigenvalue weighted by Gasteiger charge is 2.15. The quantitative estimate of drug-likeness (QED) is 0.387. The van der Waals surface area contributed by atoms with E-state index in [0.717, 1.165) is 22.4 Å². The van der Waals surface area contributed by atoms with Gasteiger partial charge in [-0.05, 0) is 30.2 Å². The fourth-order valence-electron chi connectivity index (χ4n) is 2.99. The number of hydrogen-bond acceptors (Lipinski definition) is 2. The number of fused-ring (bicyclic) bond motifs is 1. The van der Waals surface area contributed by atoms with E-state index in [0.29, 0.717) is 17.5 Å². The number of nitrogens with zero attached hydrogens (tertiary/aromatic N) is 1. The first-order chi connectivity index (χ1) is 12.7. The molecule has 0 aliphatic rings. The van der Waals surface area contributed by atoms with Crippen molar-refractivity contribution >= 4 is 28.4 Å². The van der Waals surface area contributed by atoms with Crippen molar-refractivity contribution in [2.24, 2.45) is 0 Å². The van der Waals surface area contributed by atoms with Crippen molar-refractivity contribution in [2.45, 2.75) is 11.8 Å². The molecule has 0 bridgehead atoms. The SMILES string of the molecule is O=C(c1ccccc1)c1ccc2nc(C(Cl)Cc3ccccc3)[nH]c2c1. The van der Waals surface area contributed by atoms with E-state index in [1.54, 1.807) is 0 Å². The average molecular weight is 361 g/mol. The molecular weight excluding hydrogens is 344 g/mol. The molecule has 4 aromatic rings. The maximum absolute atomic E-state index is 12.6. The van der Waals surface area contributed by atoms with Crippen molar-refractivity contribution in [3.8, 4) is 0 Å². The monoisotopic (exact) mass is 360 g/mol. The third-order valence-corrected chi connectivity index (χ3v) is 4.71. The number of alkyl halides is 1. The van der Waals surface area contributed by atoms with E-state index in [-0.39, 0.29) is 11.2 Å². The third kappa shape index (κ3) is 3.39. The topological polar surface area (TPSA) is 45.8 Å². The van der Waals surface area contributed by atoms with Gasteiger partial charge in [0.2, 0.25) is 0 Å². The minimum Gasteiger partial charge on any atom is -0.341 e. The van der Waals surface area contributed by atoms with Crippen molar-refractivity contribution in [1.82, 2.24) is 9.97 Å². The van der Waals surface area contributed by atoms with Gasteiger partial charge in [-0.1, -0.05) is 60.7 Å². The van der Waals surface area contributed by atoms with E-state index >= 15 is 0 Å². The number of imidazole rings is 1. The maximum Gasteiger partial charge on any atom is 0.193 e. The molecule has 3 nitrogen and oxygen atoms in total. The molecule has 1 N–H and O–H groups in total. The highest BCUT2D eigenvalue weighted by Crippen LogP contribution is 2.26. The normalized spacial score (nSPS) is 12.2. The largest absolute Gasteiger partial charge is 0.341 e. The van der Waals surface area contributed by atoms with Crippen LogP contribution in [0.4, 0.5) is 0 Å². The van der Waals surface area contributed by atoms with Gasteiger partial charge in [0.15, 0.2) is 5.78 Å². The van der Waals surface area contributed by atoms with Crippen LogP contribution in [-0.4, -0.2) is 15.8 Å². The number of carbonyl (C=O) groups is 1. The standard InChI is InChI=1S/C22H17ClN2O/c23-18(13-15-7-3-1-4-8-15)22-24-19-12-11-17(14-20(19)25-22)21(26)16-9-5-2-6-10-16/h1-12,14,18H,13H2,(H,24,25). The molecule has 26 heavy (non-hydrogen) atoms. The van der Waals surface area contributed by atoms with Crippen LogP contribution in [0.15, 0.2) is 78.9 Å². The second-order valence-electron chi connectivity index (χ2n) is 6.21. The van der Waals surface area contributed by atoms with Crippen molar-refractivity contribution < 1.29 is 4.79 Å².